The lowest BCUT2D eigenvalue weighted by Gasteiger charge is -2.34. The zero-order chi connectivity index (χ0) is 21.5. The number of hydrogen-bond acceptors (Lipinski definition) is 6. The molecule has 3 rings (SSSR count). The van der Waals surface area contributed by atoms with Gasteiger partial charge in [-0.2, -0.15) is 0 Å². The van der Waals surface area contributed by atoms with Crippen LogP contribution in [0.3, 0.4) is 0 Å². The highest BCUT2D eigenvalue weighted by molar-refractivity contribution is 7.99. The first kappa shape index (κ1) is 21.9. The van der Waals surface area contributed by atoms with Crippen molar-refractivity contribution in [1.29, 1.82) is 0 Å². The third-order valence-electron chi connectivity index (χ3n) is 4.87. The Hall–Kier alpha value is -2.81. The molecule has 1 aromatic carbocycles. The van der Waals surface area contributed by atoms with E-state index in [9.17, 15) is 9.59 Å². The van der Waals surface area contributed by atoms with Gasteiger partial charge in [-0.3, -0.25) is 14.2 Å². The number of rotatable bonds is 8. The highest BCUT2D eigenvalue weighted by atomic mass is 32.2. The van der Waals surface area contributed by atoms with Crippen LogP contribution in [0.1, 0.15) is 18.3 Å². The second-order valence-corrected chi connectivity index (χ2v) is 8.02. The van der Waals surface area contributed by atoms with Gasteiger partial charge in [-0.05, 0) is 24.6 Å². The number of piperazine rings is 1. The van der Waals surface area contributed by atoms with Crippen LogP contribution in [0.5, 0.6) is 5.75 Å². The molecule has 0 spiro atoms. The van der Waals surface area contributed by atoms with Crippen molar-refractivity contribution < 1.29 is 14.3 Å². The molecule has 1 saturated heterocycles. The SMILES string of the molecule is C=CCn1c(COc2cccc(C)c2)nnc1SCC(=O)N1CCN(C(C)=O)CC1. The van der Waals surface area contributed by atoms with Crippen molar-refractivity contribution in [3.63, 3.8) is 0 Å². The van der Waals surface area contributed by atoms with Crippen molar-refractivity contribution in [3.8, 4) is 5.75 Å². The molecule has 2 aromatic rings. The summed E-state index contributed by atoms with van der Waals surface area (Å²) in [4.78, 5) is 27.6. The second kappa shape index (κ2) is 10.3. The molecule has 0 saturated carbocycles. The maximum atomic E-state index is 12.6. The van der Waals surface area contributed by atoms with Gasteiger partial charge in [0.25, 0.3) is 0 Å². The molecule has 160 valence electrons. The molecule has 0 N–H and O–H groups in total. The number of hydrogen-bond donors (Lipinski definition) is 0. The summed E-state index contributed by atoms with van der Waals surface area (Å²) >= 11 is 1.36. The Morgan fingerprint density at radius 3 is 2.60 bits per heavy atom. The molecular formula is C21H27N5O3S. The van der Waals surface area contributed by atoms with Gasteiger partial charge in [0.15, 0.2) is 11.0 Å². The van der Waals surface area contributed by atoms with Crippen LogP contribution in [0.15, 0.2) is 42.1 Å². The van der Waals surface area contributed by atoms with E-state index in [0.717, 1.165) is 11.3 Å². The molecule has 1 aliphatic heterocycles. The van der Waals surface area contributed by atoms with Crippen molar-refractivity contribution in [3.05, 3.63) is 48.3 Å². The lowest BCUT2D eigenvalue weighted by molar-refractivity contribution is -0.136. The molecule has 0 radical (unpaired) electrons. The number of aromatic nitrogens is 3. The number of aryl methyl sites for hydroxylation is 1. The smallest absolute Gasteiger partial charge is 0.233 e. The molecule has 9 heteroatoms. The van der Waals surface area contributed by atoms with Gasteiger partial charge in [-0.15, -0.1) is 16.8 Å². The Bertz CT molecular complexity index is 906. The van der Waals surface area contributed by atoms with Crippen LogP contribution < -0.4 is 4.74 Å². The summed E-state index contributed by atoms with van der Waals surface area (Å²) in [6.07, 6.45) is 1.77. The van der Waals surface area contributed by atoms with Crippen LogP contribution in [0.2, 0.25) is 0 Å². The first-order valence-electron chi connectivity index (χ1n) is 9.86. The molecule has 30 heavy (non-hydrogen) atoms. The predicted octanol–water partition coefficient (Wildman–Crippen LogP) is 2.13. The van der Waals surface area contributed by atoms with Gasteiger partial charge < -0.3 is 14.5 Å². The van der Waals surface area contributed by atoms with E-state index in [0.29, 0.717) is 43.7 Å². The summed E-state index contributed by atoms with van der Waals surface area (Å²) in [5.74, 6) is 1.82. The summed E-state index contributed by atoms with van der Waals surface area (Å²) in [5, 5.41) is 9.14. The molecule has 1 aromatic heterocycles. The fourth-order valence-electron chi connectivity index (χ4n) is 3.19. The minimum Gasteiger partial charge on any atom is -0.486 e. The van der Waals surface area contributed by atoms with Crippen LogP contribution in [-0.2, 0) is 22.7 Å². The highest BCUT2D eigenvalue weighted by Crippen LogP contribution is 2.20. The lowest BCUT2D eigenvalue weighted by atomic mass is 10.2. The Kier molecular flexibility index (Phi) is 7.51. The third kappa shape index (κ3) is 5.63. The Morgan fingerprint density at radius 1 is 1.20 bits per heavy atom. The highest BCUT2D eigenvalue weighted by Gasteiger charge is 2.23. The van der Waals surface area contributed by atoms with Crippen molar-refractivity contribution in [2.75, 3.05) is 31.9 Å². The maximum Gasteiger partial charge on any atom is 0.233 e. The van der Waals surface area contributed by atoms with E-state index in [1.54, 1.807) is 22.8 Å². The zero-order valence-electron chi connectivity index (χ0n) is 17.4. The molecule has 1 aliphatic rings. The predicted molar refractivity (Wildman–Crippen MR) is 115 cm³/mol. The quantitative estimate of drug-likeness (QED) is 0.472. The van der Waals surface area contributed by atoms with Gasteiger partial charge in [-0.25, -0.2) is 0 Å². The van der Waals surface area contributed by atoms with E-state index < -0.39 is 0 Å². The molecule has 2 heterocycles. The fourth-order valence-corrected chi connectivity index (χ4v) is 4.06. The molecule has 1 fully saturated rings. The van der Waals surface area contributed by atoms with Crippen LogP contribution in [0, 0.1) is 6.92 Å². The Morgan fingerprint density at radius 2 is 1.93 bits per heavy atom. The van der Waals surface area contributed by atoms with Crippen molar-refractivity contribution in [2.45, 2.75) is 32.2 Å². The van der Waals surface area contributed by atoms with E-state index in [1.165, 1.54) is 11.8 Å². The molecule has 2 amide bonds. The first-order chi connectivity index (χ1) is 14.5. The van der Waals surface area contributed by atoms with Crippen LogP contribution in [0.25, 0.3) is 0 Å². The van der Waals surface area contributed by atoms with E-state index in [-0.39, 0.29) is 24.2 Å². The first-order valence-corrected chi connectivity index (χ1v) is 10.8. The van der Waals surface area contributed by atoms with Gasteiger partial charge in [0.1, 0.15) is 12.4 Å². The van der Waals surface area contributed by atoms with Gasteiger partial charge >= 0.3 is 0 Å². The summed E-state index contributed by atoms with van der Waals surface area (Å²) in [6, 6.07) is 7.83. The largest absolute Gasteiger partial charge is 0.486 e. The normalized spacial score (nSPS) is 13.9. The zero-order valence-corrected chi connectivity index (χ0v) is 18.2. The Labute approximate surface area is 180 Å². The Balaban J connectivity index is 1.57. The fraction of sp³-hybridized carbons (Fsp3) is 0.429. The monoisotopic (exact) mass is 429 g/mol. The summed E-state index contributed by atoms with van der Waals surface area (Å²) in [7, 11) is 0. The molecule has 0 bridgehead atoms. The third-order valence-corrected chi connectivity index (χ3v) is 5.82. The lowest BCUT2D eigenvalue weighted by Crippen LogP contribution is -2.50. The number of carbonyl (C=O) groups excluding carboxylic acids is 2. The number of carbonyl (C=O) groups is 2. The average Bonchev–Trinajstić information content (AvgIpc) is 3.12. The molecular weight excluding hydrogens is 402 g/mol. The molecule has 0 aliphatic carbocycles. The summed E-state index contributed by atoms with van der Waals surface area (Å²) in [6.45, 7) is 10.5. The van der Waals surface area contributed by atoms with E-state index in [4.69, 9.17) is 4.74 Å². The van der Waals surface area contributed by atoms with Gasteiger partial charge in [-0.1, -0.05) is 30.0 Å². The molecule has 8 nitrogen and oxygen atoms in total. The number of allylic oxidation sites excluding steroid dienone is 1. The maximum absolute atomic E-state index is 12.6. The molecule has 0 atom stereocenters. The number of amides is 2. The van der Waals surface area contributed by atoms with Crippen molar-refractivity contribution in [1.82, 2.24) is 24.6 Å². The van der Waals surface area contributed by atoms with Crippen LogP contribution in [0.4, 0.5) is 0 Å². The van der Waals surface area contributed by atoms with E-state index in [1.807, 2.05) is 35.8 Å². The van der Waals surface area contributed by atoms with E-state index in [2.05, 4.69) is 16.8 Å². The average molecular weight is 430 g/mol. The summed E-state index contributed by atoms with van der Waals surface area (Å²) < 4.78 is 7.76. The van der Waals surface area contributed by atoms with Crippen LogP contribution >= 0.6 is 11.8 Å². The molecule has 0 unspecified atom stereocenters. The number of ether oxygens (including phenoxy) is 1. The van der Waals surface area contributed by atoms with Gasteiger partial charge in [0.2, 0.25) is 11.8 Å². The second-order valence-electron chi connectivity index (χ2n) is 7.08. The van der Waals surface area contributed by atoms with Crippen molar-refractivity contribution in [2.24, 2.45) is 0 Å². The van der Waals surface area contributed by atoms with Crippen molar-refractivity contribution >= 4 is 23.6 Å². The van der Waals surface area contributed by atoms with E-state index >= 15 is 0 Å². The standard InChI is InChI=1S/C21H27N5O3S/c1-4-8-26-19(14-29-18-7-5-6-16(2)13-18)22-23-21(26)30-15-20(28)25-11-9-24(10-12-25)17(3)27/h4-7,13H,1,8-12,14-15H2,2-3H3. The number of benzene rings is 1. The number of thioether (sulfide) groups is 1. The topological polar surface area (TPSA) is 80.6 Å². The van der Waals surface area contributed by atoms with Crippen LogP contribution in [-0.4, -0.2) is 68.3 Å². The minimum atomic E-state index is 0.0360. The minimum absolute atomic E-state index is 0.0360. The van der Waals surface area contributed by atoms with Gasteiger partial charge in [0, 0.05) is 39.6 Å². The van der Waals surface area contributed by atoms with Gasteiger partial charge in [0.05, 0.1) is 5.75 Å². The number of nitrogens with zero attached hydrogens (tertiary/aromatic N) is 5. The summed E-state index contributed by atoms with van der Waals surface area (Å²) in [5.41, 5.74) is 1.12.